The van der Waals surface area contributed by atoms with E-state index in [1.54, 1.807) is 0 Å². The van der Waals surface area contributed by atoms with E-state index in [4.69, 9.17) is 10.8 Å². The third-order valence-corrected chi connectivity index (χ3v) is 3.29. The molecule has 0 bridgehead atoms. The van der Waals surface area contributed by atoms with E-state index in [0.29, 0.717) is 0 Å². The van der Waals surface area contributed by atoms with Gasteiger partial charge in [-0.3, -0.25) is 0 Å². The van der Waals surface area contributed by atoms with Crippen molar-refractivity contribution in [3.05, 3.63) is 45.2 Å². The molecule has 6 nitrogen and oxygen atoms in total. The molecule has 9 heteroatoms. The summed E-state index contributed by atoms with van der Waals surface area (Å²) in [6.45, 7) is -0.463. The predicted molar refractivity (Wildman–Crippen MR) is 68.0 cm³/mol. The highest BCUT2D eigenvalue weighted by Crippen LogP contribution is 2.22. The lowest BCUT2D eigenvalue weighted by Gasteiger charge is -2.08. The standard InChI is InChI=1S/C11H9BrF2N4O2/c12-6-1-2-7(13)5(9(6)14)4-18-8(3-15)10(11(19)20)16-17-18/h1-2H,3-4,15H2,(H,19,20). The van der Waals surface area contributed by atoms with Gasteiger partial charge in [-0.2, -0.15) is 0 Å². The maximum Gasteiger partial charge on any atom is 0.358 e. The third kappa shape index (κ3) is 2.54. The van der Waals surface area contributed by atoms with Crippen molar-refractivity contribution < 1.29 is 18.7 Å². The van der Waals surface area contributed by atoms with Gasteiger partial charge in [-0.1, -0.05) is 5.21 Å². The molecule has 20 heavy (non-hydrogen) atoms. The normalized spacial score (nSPS) is 10.8. The Morgan fingerprint density at radius 3 is 2.75 bits per heavy atom. The number of hydrogen-bond donors (Lipinski definition) is 2. The molecule has 0 radical (unpaired) electrons. The molecule has 0 saturated heterocycles. The van der Waals surface area contributed by atoms with Crippen molar-refractivity contribution in [2.24, 2.45) is 5.73 Å². The highest BCUT2D eigenvalue weighted by molar-refractivity contribution is 9.10. The second-order valence-electron chi connectivity index (χ2n) is 3.87. The van der Waals surface area contributed by atoms with Crippen LogP contribution in [0.15, 0.2) is 16.6 Å². The molecule has 106 valence electrons. The van der Waals surface area contributed by atoms with Crippen LogP contribution in [0.5, 0.6) is 0 Å². The molecule has 0 aliphatic carbocycles. The average molecular weight is 347 g/mol. The van der Waals surface area contributed by atoms with Crippen LogP contribution in [0, 0.1) is 11.6 Å². The number of carbonyl (C=O) groups is 1. The summed E-state index contributed by atoms with van der Waals surface area (Å²) in [5.41, 5.74) is 4.94. The molecule has 0 amide bonds. The quantitative estimate of drug-likeness (QED) is 0.818. The first-order valence-corrected chi connectivity index (χ1v) is 6.23. The van der Waals surface area contributed by atoms with Gasteiger partial charge in [0.2, 0.25) is 0 Å². The zero-order valence-corrected chi connectivity index (χ0v) is 11.6. The third-order valence-electron chi connectivity index (χ3n) is 2.68. The summed E-state index contributed by atoms with van der Waals surface area (Å²) in [6.07, 6.45) is 0. The smallest absolute Gasteiger partial charge is 0.358 e. The summed E-state index contributed by atoms with van der Waals surface area (Å²) < 4.78 is 28.7. The average Bonchev–Trinajstić information content (AvgIpc) is 2.82. The SMILES string of the molecule is NCc1c(C(=O)O)nnn1Cc1c(F)ccc(Br)c1F. The van der Waals surface area contributed by atoms with Gasteiger partial charge >= 0.3 is 5.97 Å². The van der Waals surface area contributed by atoms with Gasteiger partial charge in [-0.15, -0.1) is 5.10 Å². The lowest BCUT2D eigenvalue weighted by atomic mass is 10.2. The van der Waals surface area contributed by atoms with Crippen molar-refractivity contribution in [3.63, 3.8) is 0 Å². The minimum absolute atomic E-state index is 0.0938. The minimum Gasteiger partial charge on any atom is -0.476 e. The number of halogens is 3. The van der Waals surface area contributed by atoms with Crippen LogP contribution < -0.4 is 5.73 Å². The molecule has 2 aromatic rings. The molecule has 0 aliphatic rings. The first-order valence-electron chi connectivity index (χ1n) is 5.43. The maximum absolute atomic E-state index is 13.9. The lowest BCUT2D eigenvalue weighted by molar-refractivity contribution is 0.0689. The summed E-state index contributed by atoms with van der Waals surface area (Å²) >= 11 is 2.95. The molecule has 0 unspecified atom stereocenters. The van der Waals surface area contributed by atoms with E-state index in [2.05, 4.69) is 26.2 Å². The number of carboxylic acid groups (broad SMARTS) is 1. The van der Waals surface area contributed by atoms with E-state index in [1.807, 2.05) is 0 Å². The Morgan fingerprint density at radius 2 is 2.15 bits per heavy atom. The zero-order valence-electron chi connectivity index (χ0n) is 9.98. The largest absolute Gasteiger partial charge is 0.476 e. The van der Waals surface area contributed by atoms with Gasteiger partial charge in [0.05, 0.1) is 16.7 Å². The van der Waals surface area contributed by atoms with E-state index in [9.17, 15) is 13.6 Å². The molecule has 0 spiro atoms. The van der Waals surface area contributed by atoms with Crippen LogP contribution in [-0.4, -0.2) is 26.1 Å². The molecule has 0 aliphatic heterocycles. The monoisotopic (exact) mass is 346 g/mol. The van der Waals surface area contributed by atoms with E-state index in [1.165, 1.54) is 6.07 Å². The van der Waals surface area contributed by atoms with Crippen molar-refractivity contribution in [3.8, 4) is 0 Å². The van der Waals surface area contributed by atoms with Crippen LogP contribution in [-0.2, 0) is 13.1 Å². The molecule has 1 heterocycles. The van der Waals surface area contributed by atoms with Crippen molar-refractivity contribution in [1.82, 2.24) is 15.0 Å². The first-order chi connectivity index (χ1) is 9.45. The number of nitrogens with two attached hydrogens (primary N) is 1. The van der Waals surface area contributed by atoms with Crippen LogP contribution in [0.2, 0.25) is 0 Å². The summed E-state index contributed by atoms with van der Waals surface area (Å²) in [6, 6.07) is 2.33. The van der Waals surface area contributed by atoms with Crippen LogP contribution in [0.4, 0.5) is 8.78 Å². The number of rotatable bonds is 4. The summed E-state index contributed by atoms with van der Waals surface area (Å²) in [5, 5.41) is 15.9. The first kappa shape index (κ1) is 14.5. The zero-order chi connectivity index (χ0) is 14.9. The molecule has 1 aromatic heterocycles. The van der Waals surface area contributed by atoms with Crippen molar-refractivity contribution >= 4 is 21.9 Å². The van der Waals surface area contributed by atoms with Gasteiger partial charge in [-0.25, -0.2) is 18.3 Å². The van der Waals surface area contributed by atoms with Crippen LogP contribution in [0.25, 0.3) is 0 Å². The maximum atomic E-state index is 13.9. The number of benzene rings is 1. The van der Waals surface area contributed by atoms with Crippen LogP contribution >= 0.6 is 15.9 Å². The fraction of sp³-hybridized carbons (Fsp3) is 0.182. The van der Waals surface area contributed by atoms with Gasteiger partial charge in [0, 0.05) is 12.1 Å². The number of hydrogen-bond acceptors (Lipinski definition) is 4. The Labute approximate surface area is 120 Å². The Bertz CT molecular complexity index is 675. The second-order valence-corrected chi connectivity index (χ2v) is 4.73. The molecule has 0 saturated carbocycles. The lowest BCUT2D eigenvalue weighted by Crippen LogP contribution is -2.14. The summed E-state index contributed by atoms with van der Waals surface area (Å²) in [4.78, 5) is 10.9. The van der Waals surface area contributed by atoms with E-state index < -0.39 is 17.6 Å². The van der Waals surface area contributed by atoms with E-state index in [0.717, 1.165) is 10.7 Å². The van der Waals surface area contributed by atoms with Crippen LogP contribution in [0.1, 0.15) is 21.7 Å². The summed E-state index contributed by atoms with van der Waals surface area (Å²) in [7, 11) is 0. The van der Waals surface area contributed by atoms with Crippen LogP contribution in [0.3, 0.4) is 0 Å². The van der Waals surface area contributed by atoms with Crippen molar-refractivity contribution in [1.29, 1.82) is 0 Å². The number of aromatic nitrogens is 3. The highest BCUT2D eigenvalue weighted by Gasteiger charge is 2.20. The molecule has 2 rings (SSSR count). The Hall–Kier alpha value is -1.87. The van der Waals surface area contributed by atoms with Crippen molar-refractivity contribution in [2.45, 2.75) is 13.1 Å². The molecule has 1 aromatic carbocycles. The van der Waals surface area contributed by atoms with Gasteiger partial charge in [0.1, 0.15) is 11.6 Å². The Kier molecular flexibility index (Phi) is 4.09. The molecule has 3 N–H and O–H groups in total. The summed E-state index contributed by atoms with van der Waals surface area (Å²) in [5.74, 6) is -2.84. The number of aromatic carboxylic acids is 1. The van der Waals surface area contributed by atoms with E-state index >= 15 is 0 Å². The Balaban J connectivity index is 2.46. The molecular weight excluding hydrogens is 338 g/mol. The number of carboxylic acids is 1. The van der Waals surface area contributed by atoms with Gasteiger partial charge < -0.3 is 10.8 Å². The minimum atomic E-state index is -1.30. The number of nitrogens with zero attached hydrogens (tertiary/aromatic N) is 3. The van der Waals surface area contributed by atoms with Gasteiger partial charge in [-0.05, 0) is 28.1 Å². The molecular formula is C11H9BrF2N4O2. The highest BCUT2D eigenvalue weighted by atomic mass is 79.9. The fourth-order valence-electron chi connectivity index (χ4n) is 1.69. The molecule has 0 atom stereocenters. The van der Waals surface area contributed by atoms with Gasteiger partial charge in [0.15, 0.2) is 5.69 Å². The predicted octanol–water partition coefficient (Wildman–Crippen LogP) is 1.52. The fourth-order valence-corrected chi connectivity index (χ4v) is 2.06. The Morgan fingerprint density at radius 1 is 1.45 bits per heavy atom. The van der Waals surface area contributed by atoms with E-state index in [-0.39, 0.29) is 34.5 Å². The second kappa shape index (κ2) is 5.63. The van der Waals surface area contributed by atoms with Crippen molar-refractivity contribution in [2.75, 3.05) is 0 Å². The van der Waals surface area contributed by atoms with Gasteiger partial charge in [0.25, 0.3) is 0 Å². The molecule has 0 fully saturated rings. The topological polar surface area (TPSA) is 94.0 Å².